The van der Waals surface area contributed by atoms with Crippen molar-refractivity contribution >= 4 is 34.3 Å². The SMILES string of the molecule is O=C(c1c[nH]c2cc(O)ccc12)C1CSN(c2cccnc2)C1. The van der Waals surface area contributed by atoms with Crippen LogP contribution in [-0.2, 0) is 0 Å². The number of aromatic nitrogens is 2. The van der Waals surface area contributed by atoms with E-state index in [0.29, 0.717) is 12.1 Å². The molecule has 1 aliphatic rings. The van der Waals surface area contributed by atoms with Crippen LogP contribution in [0.2, 0.25) is 0 Å². The van der Waals surface area contributed by atoms with Crippen LogP contribution in [0.1, 0.15) is 10.4 Å². The summed E-state index contributed by atoms with van der Waals surface area (Å²) in [6, 6.07) is 8.93. The Kier molecular flexibility index (Phi) is 3.46. The number of hydrogen-bond donors (Lipinski definition) is 2. The molecule has 3 heterocycles. The highest BCUT2D eigenvalue weighted by atomic mass is 32.2. The molecule has 5 nitrogen and oxygen atoms in total. The van der Waals surface area contributed by atoms with E-state index in [1.54, 1.807) is 42.5 Å². The normalized spacial score (nSPS) is 17.7. The highest BCUT2D eigenvalue weighted by molar-refractivity contribution is 8.00. The number of nitrogens with one attached hydrogen (secondary N) is 1. The number of ketones is 1. The molecule has 0 amide bonds. The van der Waals surface area contributed by atoms with E-state index >= 15 is 0 Å². The highest BCUT2D eigenvalue weighted by Gasteiger charge is 2.31. The van der Waals surface area contributed by atoms with Gasteiger partial charge in [-0.25, -0.2) is 0 Å². The number of carbonyl (C=O) groups excluding carboxylic acids is 1. The van der Waals surface area contributed by atoms with Crippen LogP contribution >= 0.6 is 11.9 Å². The Labute approximate surface area is 137 Å². The molecule has 1 unspecified atom stereocenters. The molecule has 0 spiro atoms. The van der Waals surface area contributed by atoms with Crippen molar-refractivity contribution < 1.29 is 9.90 Å². The van der Waals surface area contributed by atoms with Crippen LogP contribution in [0.15, 0.2) is 48.9 Å². The van der Waals surface area contributed by atoms with E-state index < -0.39 is 0 Å². The molecule has 3 aromatic rings. The molecule has 1 fully saturated rings. The molecule has 0 radical (unpaired) electrons. The van der Waals surface area contributed by atoms with E-state index in [1.807, 2.05) is 18.3 Å². The zero-order valence-electron chi connectivity index (χ0n) is 12.3. The molecule has 2 aromatic heterocycles. The molecule has 1 saturated heterocycles. The van der Waals surface area contributed by atoms with Crippen LogP contribution in [0.4, 0.5) is 5.69 Å². The van der Waals surface area contributed by atoms with Crippen molar-refractivity contribution in [3.8, 4) is 5.75 Å². The number of benzene rings is 1. The van der Waals surface area contributed by atoms with Gasteiger partial charge in [0.05, 0.1) is 17.8 Å². The van der Waals surface area contributed by atoms with Crippen molar-refractivity contribution in [2.45, 2.75) is 0 Å². The van der Waals surface area contributed by atoms with Crippen LogP contribution in [0.5, 0.6) is 5.75 Å². The van der Waals surface area contributed by atoms with Gasteiger partial charge in [0.15, 0.2) is 5.78 Å². The van der Waals surface area contributed by atoms with E-state index in [-0.39, 0.29) is 17.5 Å². The molecule has 4 rings (SSSR count). The molecule has 116 valence electrons. The number of Topliss-reactive ketones (excluding diaryl/α,β-unsaturated/α-hetero) is 1. The fraction of sp³-hybridized carbons (Fsp3) is 0.176. The van der Waals surface area contributed by atoms with Gasteiger partial charge in [-0.1, -0.05) is 0 Å². The van der Waals surface area contributed by atoms with E-state index in [9.17, 15) is 9.90 Å². The number of rotatable bonds is 3. The zero-order valence-corrected chi connectivity index (χ0v) is 13.1. The van der Waals surface area contributed by atoms with Gasteiger partial charge in [0, 0.05) is 47.2 Å². The lowest BCUT2D eigenvalue weighted by molar-refractivity contribution is 0.0942. The Hall–Kier alpha value is -2.47. The molecule has 1 aliphatic heterocycles. The average molecular weight is 325 g/mol. The summed E-state index contributed by atoms with van der Waals surface area (Å²) in [6.07, 6.45) is 5.30. The van der Waals surface area contributed by atoms with Crippen molar-refractivity contribution in [3.63, 3.8) is 0 Å². The monoisotopic (exact) mass is 325 g/mol. The second kappa shape index (κ2) is 5.62. The first-order chi connectivity index (χ1) is 11.2. The molecule has 0 aliphatic carbocycles. The average Bonchev–Trinajstić information content (AvgIpc) is 3.22. The topological polar surface area (TPSA) is 69.2 Å². The maximum Gasteiger partial charge on any atom is 0.170 e. The molecule has 1 aromatic carbocycles. The third-order valence-corrected chi connectivity index (χ3v) is 5.28. The summed E-state index contributed by atoms with van der Waals surface area (Å²) in [7, 11) is 0. The van der Waals surface area contributed by atoms with Gasteiger partial charge in [-0.3, -0.25) is 9.78 Å². The number of nitrogens with zero attached hydrogens (tertiary/aromatic N) is 2. The quantitative estimate of drug-likeness (QED) is 0.571. The first-order valence-corrected chi connectivity index (χ1v) is 8.31. The summed E-state index contributed by atoms with van der Waals surface area (Å²) in [6.45, 7) is 0.681. The Bertz CT molecular complexity index is 863. The lowest BCUT2D eigenvalue weighted by atomic mass is 9.98. The maximum absolute atomic E-state index is 12.8. The predicted octanol–water partition coefficient (Wildman–Crippen LogP) is 3.24. The Morgan fingerprint density at radius 1 is 1.39 bits per heavy atom. The second-order valence-electron chi connectivity index (χ2n) is 5.56. The molecule has 23 heavy (non-hydrogen) atoms. The van der Waals surface area contributed by atoms with Crippen LogP contribution in [-0.4, -0.2) is 33.2 Å². The standard InChI is InChI=1S/C17H15N3O2S/c21-13-3-4-14-15(8-19-16(14)6-13)17(22)11-9-20(23-10-11)12-2-1-5-18-7-12/h1-8,11,19,21H,9-10H2. The fourth-order valence-electron chi connectivity index (χ4n) is 2.86. The fourth-order valence-corrected chi connectivity index (χ4v) is 4.02. The smallest absolute Gasteiger partial charge is 0.170 e. The summed E-state index contributed by atoms with van der Waals surface area (Å²) in [5.74, 6) is 1.05. The van der Waals surface area contributed by atoms with Crippen LogP contribution in [0, 0.1) is 5.92 Å². The molecule has 1 atom stereocenters. The number of pyridine rings is 1. The minimum Gasteiger partial charge on any atom is -0.508 e. The first-order valence-electron chi connectivity index (χ1n) is 7.37. The number of H-pyrrole nitrogens is 1. The number of phenols is 1. The summed E-state index contributed by atoms with van der Waals surface area (Å²) in [4.78, 5) is 20.0. The van der Waals surface area contributed by atoms with Gasteiger partial charge >= 0.3 is 0 Å². The zero-order chi connectivity index (χ0) is 15.8. The van der Waals surface area contributed by atoms with Gasteiger partial charge in [0.2, 0.25) is 0 Å². The molecular formula is C17H15N3O2S. The van der Waals surface area contributed by atoms with Crippen molar-refractivity contribution in [1.82, 2.24) is 9.97 Å². The van der Waals surface area contributed by atoms with Crippen LogP contribution in [0.3, 0.4) is 0 Å². The summed E-state index contributed by atoms with van der Waals surface area (Å²) in [5.41, 5.74) is 2.50. The second-order valence-corrected chi connectivity index (χ2v) is 6.59. The number of carbonyl (C=O) groups is 1. The summed E-state index contributed by atoms with van der Waals surface area (Å²) >= 11 is 1.66. The van der Waals surface area contributed by atoms with Gasteiger partial charge in [0.1, 0.15) is 5.75 Å². The number of hydrogen-bond acceptors (Lipinski definition) is 5. The number of fused-ring (bicyclic) bond motifs is 1. The molecule has 0 bridgehead atoms. The number of aromatic hydroxyl groups is 1. The predicted molar refractivity (Wildman–Crippen MR) is 91.8 cm³/mol. The Balaban J connectivity index is 1.57. The van der Waals surface area contributed by atoms with Crippen LogP contribution in [0.25, 0.3) is 10.9 Å². The van der Waals surface area contributed by atoms with Crippen molar-refractivity contribution in [1.29, 1.82) is 0 Å². The van der Waals surface area contributed by atoms with E-state index in [1.165, 1.54) is 0 Å². The minimum atomic E-state index is -0.0481. The largest absolute Gasteiger partial charge is 0.508 e. The number of phenolic OH excluding ortho intramolecular Hbond substituents is 1. The lowest BCUT2D eigenvalue weighted by Gasteiger charge is -2.15. The maximum atomic E-state index is 12.8. The summed E-state index contributed by atoms with van der Waals surface area (Å²) < 4.78 is 2.12. The van der Waals surface area contributed by atoms with E-state index in [2.05, 4.69) is 14.3 Å². The third kappa shape index (κ3) is 2.55. The minimum absolute atomic E-state index is 0.0481. The van der Waals surface area contributed by atoms with Crippen LogP contribution < -0.4 is 4.31 Å². The number of aromatic amines is 1. The summed E-state index contributed by atoms with van der Waals surface area (Å²) in [5, 5.41) is 10.4. The Morgan fingerprint density at radius 3 is 3.13 bits per heavy atom. The van der Waals surface area contributed by atoms with Crippen molar-refractivity contribution in [2.24, 2.45) is 5.92 Å². The van der Waals surface area contributed by atoms with Gasteiger partial charge < -0.3 is 14.4 Å². The van der Waals surface area contributed by atoms with Gasteiger partial charge in [-0.05, 0) is 36.2 Å². The number of anilines is 1. The Morgan fingerprint density at radius 2 is 2.30 bits per heavy atom. The molecule has 0 saturated carbocycles. The van der Waals surface area contributed by atoms with E-state index in [4.69, 9.17) is 0 Å². The molecule has 2 N–H and O–H groups in total. The van der Waals surface area contributed by atoms with Crippen molar-refractivity contribution in [2.75, 3.05) is 16.6 Å². The third-order valence-electron chi connectivity index (χ3n) is 4.05. The van der Waals surface area contributed by atoms with Gasteiger partial charge in [-0.15, -0.1) is 0 Å². The molecular weight excluding hydrogens is 310 g/mol. The first kappa shape index (κ1) is 14.1. The highest BCUT2D eigenvalue weighted by Crippen LogP contribution is 2.34. The molecule has 6 heteroatoms. The lowest BCUT2D eigenvalue weighted by Crippen LogP contribution is -2.21. The van der Waals surface area contributed by atoms with Gasteiger partial charge in [0.25, 0.3) is 0 Å². The van der Waals surface area contributed by atoms with Gasteiger partial charge in [-0.2, -0.15) is 0 Å². The van der Waals surface area contributed by atoms with Crippen molar-refractivity contribution in [3.05, 3.63) is 54.5 Å². The van der Waals surface area contributed by atoms with E-state index in [0.717, 1.165) is 22.3 Å².